The Bertz CT molecular complexity index is 480. The minimum absolute atomic E-state index is 0.0215. The summed E-state index contributed by atoms with van der Waals surface area (Å²) >= 11 is 0. The highest BCUT2D eigenvalue weighted by atomic mass is 16.1. The lowest BCUT2D eigenvalue weighted by atomic mass is 9.97. The first kappa shape index (κ1) is 14.8. The molecule has 1 aromatic carbocycles. The van der Waals surface area contributed by atoms with Crippen LogP contribution in [0.1, 0.15) is 37.7 Å². The molecule has 1 aromatic rings. The van der Waals surface area contributed by atoms with E-state index in [0.29, 0.717) is 6.54 Å². The van der Waals surface area contributed by atoms with Crippen LogP contribution in [0.15, 0.2) is 35.9 Å². The van der Waals surface area contributed by atoms with E-state index in [0.717, 1.165) is 24.2 Å². The van der Waals surface area contributed by atoms with E-state index in [1.54, 1.807) is 5.57 Å². The number of rotatable bonds is 6. The molecule has 0 unspecified atom stereocenters. The fraction of sp³-hybridized carbons (Fsp3) is 0.471. The Morgan fingerprint density at radius 3 is 2.95 bits per heavy atom. The van der Waals surface area contributed by atoms with Crippen LogP contribution < -0.4 is 10.6 Å². The van der Waals surface area contributed by atoms with Gasteiger partial charge in [-0.15, -0.1) is 0 Å². The Balaban J connectivity index is 1.64. The van der Waals surface area contributed by atoms with Crippen molar-refractivity contribution < 1.29 is 4.79 Å². The summed E-state index contributed by atoms with van der Waals surface area (Å²) in [6, 6.07) is 7.86. The fourth-order valence-corrected chi connectivity index (χ4v) is 2.51. The monoisotopic (exact) mass is 272 g/mol. The molecule has 2 rings (SSSR count). The number of carbonyl (C=O) groups is 1. The number of amides is 1. The maximum Gasteiger partial charge on any atom is 0.238 e. The lowest BCUT2D eigenvalue weighted by Crippen LogP contribution is -2.29. The second-order valence-electron chi connectivity index (χ2n) is 5.45. The van der Waals surface area contributed by atoms with Crippen molar-refractivity contribution in [2.45, 2.75) is 39.0 Å². The van der Waals surface area contributed by atoms with Gasteiger partial charge in [0.15, 0.2) is 0 Å². The summed E-state index contributed by atoms with van der Waals surface area (Å²) in [5.74, 6) is 0.0215. The SMILES string of the molecule is Cc1cccc(NC(=O)CNCCC2=CCCCC2)c1. The van der Waals surface area contributed by atoms with Gasteiger partial charge in [-0.25, -0.2) is 0 Å². The predicted octanol–water partition coefficient (Wildman–Crippen LogP) is 3.41. The standard InChI is InChI=1S/C17H24N2O/c1-14-6-5-9-16(12-14)19-17(20)13-18-11-10-15-7-3-2-4-8-15/h5-7,9,12,18H,2-4,8,10-11,13H2,1H3,(H,19,20). The van der Waals surface area contributed by atoms with Gasteiger partial charge in [0.25, 0.3) is 0 Å². The zero-order valence-electron chi connectivity index (χ0n) is 12.2. The number of carbonyl (C=O) groups excluding carboxylic acids is 1. The maximum absolute atomic E-state index is 11.8. The minimum atomic E-state index is 0.0215. The molecule has 0 saturated heterocycles. The minimum Gasteiger partial charge on any atom is -0.325 e. The van der Waals surface area contributed by atoms with Gasteiger partial charge >= 0.3 is 0 Å². The number of hydrogen-bond donors (Lipinski definition) is 2. The van der Waals surface area contributed by atoms with E-state index in [9.17, 15) is 4.79 Å². The molecule has 0 fully saturated rings. The number of anilines is 1. The lowest BCUT2D eigenvalue weighted by Gasteiger charge is -2.13. The molecule has 0 radical (unpaired) electrons. The molecule has 3 nitrogen and oxygen atoms in total. The molecule has 108 valence electrons. The average molecular weight is 272 g/mol. The molecule has 1 amide bonds. The summed E-state index contributed by atoms with van der Waals surface area (Å²) in [5, 5.41) is 6.12. The summed E-state index contributed by atoms with van der Waals surface area (Å²) in [6.07, 6.45) is 8.53. The first-order chi connectivity index (χ1) is 9.74. The summed E-state index contributed by atoms with van der Waals surface area (Å²) < 4.78 is 0. The Hall–Kier alpha value is -1.61. The third-order valence-corrected chi connectivity index (χ3v) is 3.60. The van der Waals surface area contributed by atoms with Gasteiger partial charge in [0, 0.05) is 5.69 Å². The van der Waals surface area contributed by atoms with Gasteiger partial charge in [0.1, 0.15) is 0 Å². The van der Waals surface area contributed by atoms with Crippen LogP contribution >= 0.6 is 0 Å². The smallest absolute Gasteiger partial charge is 0.238 e. The van der Waals surface area contributed by atoms with Gasteiger partial charge in [0.2, 0.25) is 5.91 Å². The third kappa shape index (κ3) is 5.17. The summed E-state index contributed by atoms with van der Waals surface area (Å²) in [5.41, 5.74) is 3.56. The summed E-state index contributed by atoms with van der Waals surface area (Å²) in [7, 11) is 0. The highest BCUT2D eigenvalue weighted by molar-refractivity contribution is 5.92. The van der Waals surface area contributed by atoms with Gasteiger partial charge < -0.3 is 10.6 Å². The maximum atomic E-state index is 11.8. The molecule has 2 N–H and O–H groups in total. The normalized spacial score (nSPS) is 14.8. The van der Waals surface area contributed by atoms with E-state index < -0.39 is 0 Å². The van der Waals surface area contributed by atoms with Crippen molar-refractivity contribution in [3.63, 3.8) is 0 Å². The van der Waals surface area contributed by atoms with Crippen LogP contribution in [0.2, 0.25) is 0 Å². The Labute approximate surface area is 121 Å². The van der Waals surface area contributed by atoms with Gasteiger partial charge in [0.05, 0.1) is 6.54 Å². The van der Waals surface area contributed by atoms with Gasteiger partial charge in [-0.1, -0.05) is 23.8 Å². The van der Waals surface area contributed by atoms with E-state index in [1.165, 1.54) is 25.7 Å². The van der Waals surface area contributed by atoms with Crippen molar-refractivity contribution in [3.05, 3.63) is 41.5 Å². The largest absolute Gasteiger partial charge is 0.325 e. The van der Waals surface area contributed by atoms with Crippen molar-refractivity contribution in [3.8, 4) is 0 Å². The van der Waals surface area contributed by atoms with E-state index in [1.807, 2.05) is 31.2 Å². The zero-order chi connectivity index (χ0) is 14.2. The molecule has 0 aliphatic heterocycles. The highest BCUT2D eigenvalue weighted by Gasteiger charge is 2.04. The Kier molecular flexibility index (Phi) is 5.81. The van der Waals surface area contributed by atoms with Crippen LogP contribution in [-0.2, 0) is 4.79 Å². The van der Waals surface area contributed by atoms with E-state index >= 15 is 0 Å². The van der Waals surface area contributed by atoms with Crippen LogP contribution in [0.25, 0.3) is 0 Å². The Morgan fingerprint density at radius 2 is 2.20 bits per heavy atom. The van der Waals surface area contributed by atoms with E-state index in [-0.39, 0.29) is 5.91 Å². The van der Waals surface area contributed by atoms with Crippen LogP contribution in [-0.4, -0.2) is 19.0 Å². The van der Waals surface area contributed by atoms with E-state index in [2.05, 4.69) is 16.7 Å². The molecule has 20 heavy (non-hydrogen) atoms. The lowest BCUT2D eigenvalue weighted by molar-refractivity contribution is -0.115. The fourth-order valence-electron chi connectivity index (χ4n) is 2.51. The van der Waals surface area contributed by atoms with Crippen LogP contribution in [0.4, 0.5) is 5.69 Å². The first-order valence-electron chi connectivity index (χ1n) is 7.49. The zero-order valence-corrected chi connectivity index (χ0v) is 12.2. The first-order valence-corrected chi connectivity index (χ1v) is 7.49. The molecule has 1 aliphatic carbocycles. The number of hydrogen-bond acceptors (Lipinski definition) is 2. The van der Waals surface area contributed by atoms with Gasteiger partial charge in [-0.2, -0.15) is 0 Å². The second kappa shape index (κ2) is 7.85. The molecule has 0 heterocycles. The summed E-state index contributed by atoms with van der Waals surface area (Å²) in [4.78, 5) is 11.8. The van der Waals surface area contributed by atoms with Crippen LogP contribution in [0.5, 0.6) is 0 Å². The van der Waals surface area contributed by atoms with Crippen LogP contribution in [0.3, 0.4) is 0 Å². The molecule has 1 aliphatic rings. The molecule has 0 atom stereocenters. The number of nitrogens with one attached hydrogen (secondary N) is 2. The molecule has 0 spiro atoms. The molecule has 3 heteroatoms. The van der Waals surface area contributed by atoms with Crippen molar-refractivity contribution in [1.29, 1.82) is 0 Å². The van der Waals surface area contributed by atoms with Gasteiger partial charge in [-0.3, -0.25) is 4.79 Å². The number of aryl methyl sites for hydroxylation is 1. The van der Waals surface area contributed by atoms with Crippen LogP contribution in [0, 0.1) is 6.92 Å². The van der Waals surface area contributed by atoms with E-state index in [4.69, 9.17) is 0 Å². The number of allylic oxidation sites excluding steroid dienone is 1. The topological polar surface area (TPSA) is 41.1 Å². The predicted molar refractivity (Wildman–Crippen MR) is 83.8 cm³/mol. The quantitative estimate of drug-likeness (QED) is 0.615. The molecule has 0 aromatic heterocycles. The molecule has 0 bridgehead atoms. The van der Waals surface area contributed by atoms with Gasteiger partial charge in [-0.05, 0) is 63.3 Å². The number of benzene rings is 1. The second-order valence-corrected chi connectivity index (χ2v) is 5.45. The van der Waals surface area contributed by atoms with Crippen molar-refractivity contribution in [2.24, 2.45) is 0 Å². The van der Waals surface area contributed by atoms with Crippen molar-refractivity contribution in [2.75, 3.05) is 18.4 Å². The third-order valence-electron chi connectivity index (χ3n) is 3.60. The Morgan fingerprint density at radius 1 is 1.30 bits per heavy atom. The van der Waals surface area contributed by atoms with Crippen molar-refractivity contribution >= 4 is 11.6 Å². The van der Waals surface area contributed by atoms with Crippen molar-refractivity contribution in [1.82, 2.24) is 5.32 Å². The highest BCUT2D eigenvalue weighted by Crippen LogP contribution is 2.19. The molecule has 0 saturated carbocycles. The molecular weight excluding hydrogens is 248 g/mol. The summed E-state index contributed by atoms with van der Waals surface area (Å²) in [6.45, 7) is 3.28. The average Bonchev–Trinajstić information content (AvgIpc) is 2.45. The molecular formula is C17H24N2O.